The Morgan fingerprint density at radius 1 is 1.43 bits per heavy atom. The first kappa shape index (κ1) is 19.4. The van der Waals surface area contributed by atoms with Crippen LogP contribution in [0.2, 0.25) is 0 Å². The molecule has 1 fully saturated rings. The molecule has 0 saturated heterocycles. The average molecular weight is 326 g/mol. The minimum Gasteiger partial charge on any atom is -0.481 e. The van der Waals surface area contributed by atoms with Crippen molar-refractivity contribution in [3.8, 4) is 0 Å². The molecular weight excluding hydrogens is 296 g/mol. The summed E-state index contributed by atoms with van der Waals surface area (Å²) >= 11 is 0. The van der Waals surface area contributed by atoms with E-state index in [0.29, 0.717) is 19.3 Å². The maximum Gasteiger partial charge on any atom is 0.309 e. The summed E-state index contributed by atoms with van der Waals surface area (Å²) in [7, 11) is 1.75. The Hall–Kier alpha value is -1.63. The van der Waals surface area contributed by atoms with Gasteiger partial charge in [0, 0.05) is 20.0 Å². The van der Waals surface area contributed by atoms with Crippen LogP contribution in [0.5, 0.6) is 0 Å². The Kier molecular flexibility index (Phi) is 7.48. The second kappa shape index (κ2) is 8.86. The molecule has 0 radical (unpaired) electrons. The molecule has 23 heavy (non-hydrogen) atoms. The van der Waals surface area contributed by atoms with Gasteiger partial charge in [-0.3, -0.25) is 14.6 Å². The lowest BCUT2D eigenvalue weighted by atomic mass is 9.78. The number of aliphatic carboxylic acids is 1. The second-order valence-electron chi connectivity index (χ2n) is 6.66. The Labute approximate surface area is 138 Å². The van der Waals surface area contributed by atoms with E-state index in [1.54, 1.807) is 13.4 Å². The van der Waals surface area contributed by atoms with Crippen LogP contribution in [0.15, 0.2) is 4.99 Å². The van der Waals surface area contributed by atoms with Crippen molar-refractivity contribution in [2.45, 2.75) is 65.0 Å². The van der Waals surface area contributed by atoms with Crippen molar-refractivity contribution >= 4 is 18.2 Å². The van der Waals surface area contributed by atoms with Crippen LogP contribution in [0.1, 0.15) is 52.9 Å². The third kappa shape index (κ3) is 5.82. The van der Waals surface area contributed by atoms with Gasteiger partial charge in [0.1, 0.15) is 0 Å². The smallest absolute Gasteiger partial charge is 0.309 e. The van der Waals surface area contributed by atoms with Crippen molar-refractivity contribution in [3.63, 3.8) is 0 Å². The molecule has 4 N–H and O–H groups in total. The Morgan fingerprint density at radius 3 is 2.70 bits per heavy atom. The molecule has 1 amide bonds. The summed E-state index contributed by atoms with van der Waals surface area (Å²) in [6.45, 7) is 5.52. The van der Waals surface area contributed by atoms with E-state index in [2.05, 4.69) is 28.1 Å². The van der Waals surface area contributed by atoms with Gasteiger partial charge in [-0.15, -0.1) is 0 Å². The zero-order chi connectivity index (χ0) is 17.5. The molecule has 4 unspecified atom stereocenters. The summed E-state index contributed by atoms with van der Waals surface area (Å²) in [6.07, 6.45) is 5.02. The number of carbonyl (C=O) groups excluding carboxylic acids is 1. The highest BCUT2D eigenvalue weighted by molar-refractivity contribution is 5.75. The van der Waals surface area contributed by atoms with Gasteiger partial charge in [-0.1, -0.05) is 6.92 Å². The van der Waals surface area contributed by atoms with E-state index < -0.39 is 11.4 Å². The summed E-state index contributed by atoms with van der Waals surface area (Å²) in [5.41, 5.74) is 4.85. The van der Waals surface area contributed by atoms with Crippen molar-refractivity contribution < 1.29 is 14.7 Å². The highest BCUT2D eigenvalue weighted by Crippen LogP contribution is 2.44. The van der Waals surface area contributed by atoms with E-state index in [0.717, 1.165) is 12.8 Å². The van der Waals surface area contributed by atoms with E-state index in [-0.39, 0.29) is 23.9 Å². The van der Waals surface area contributed by atoms with E-state index in [1.807, 2.05) is 6.92 Å². The number of aliphatic imine (C=N–C) groups is 1. The quantitative estimate of drug-likeness (QED) is 0.291. The molecule has 4 atom stereocenters. The molecule has 0 aromatic rings. The van der Waals surface area contributed by atoms with Crippen molar-refractivity contribution in [2.24, 2.45) is 16.3 Å². The molecule has 0 aliphatic heterocycles. The molecule has 1 aliphatic rings. The summed E-state index contributed by atoms with van der Waals surface area (Å²) in [6, 6.07) is 0.100. The zero-order valence-electron chi connectivity index (χ0n) is 14.6. The Bertz CT molecular complexity index is 441. The van der Waals surface area contributed by atoms with Gasteiger partial charge < -0.3 is 15.8 Å². The van der Waals surface area contributed by atoms with E-state index in [9.17, 15) is 14.7 Å². The predicted octanol–water partition coefficient (Wildman–Crippen LogP) is 1.30. The highest BCUT2D eigenvalue weighted by atomic mass is 16.4. The van der Waals surface area contributed by atoms with Crippen LogP contribution < -0.4 is 16.2 Å². The first-order valence-electron chi connectivity index (χ1n) is 8.25. The van der Waals surface area contributed by atoms with Crippen molar-refractivity contribution in [3.05, 3.63) is 0 Å². The molecule has 132 valence electrons. The third-order valence-corrected chi connectivity index (χ3v) is 4.89. The van der Waals surface area contributed by atoms with E-state index in [1.165, 1.54) is 6.92 Å². The third-order valence-electron chi connectivity index (χ3n) is 4.89. The number of hydrogen-bond acceptors (Lipinski definition) is 4. The number of hydrogen-bond donors (Lipinski definition) is 4. The molecule has 0 aromatic carbocycles. The molecule has 7 heteroatoms. The number of carboxylic acids is 1. The first-order valence-corrected chi connectivity index (χ1v) is 8.25. The standard InChI is InChI=1S/C16H30N4O3/c1-11(12(2)20-13(3)21)5-7-16(15(22)23)8-6-14(9-16)18-10-19-17-4/h10-12,14,17H,5-9H2,1-4H3,(H,18,19)(H,20,21)(H,22,23). The number of rotatable bonds is 9. The molecule has 0 spiro atoms. The van der Waals surface area contributed by atoms with Crippen LogP contribution in [0, 0.1) is 11.3 Å². The zero-order valence-corrected chi connectivity index (χ0v) is 14.6. The van der Waals surface area contributed by atoms with Crippen molar-refractivity contribution in [1.82, 2.24) is 16.2 Å². The maximum atomic E-state index is 11.8. The van der Waals surface area contributed by atoms with Crippen molar-refractivity contribution in [2.75, 3.05) is 7.05 Å². The number of hydrazine groups is 1. The van der Waals surface area contributed by atoms with Gasteiger partial charge in [0.25, 0.3) is 0 Å². The molecule has 7 nitrogen and oxygen atoms in total. The minimum atomic E-state index is -0.726. The van der Waals surface area contributed by atoms with Crippen LogP contribution in [-0.4, -0.2) is 42.5 Å². The lowest BCUT2D eigenvalue weighted by Gasteiger charge is -2.28. The van der Waals surface area contributed by atoms with Gasteiger partial charge in [0.2, 0.25) is 5.91 Å². The fourth-order valence-corrected chi connectivity index (χ4v) is 3.18. The fraction of sp³-hybridized carbons (Fsp3) is 0.812. The van der Waals surface area contributed by atoms with E-state index >= 15 is 0 Å². The first-order chi connectivity index (χ1) is 10.8. The van der Waals surface area contributed by atoms with Crippen LogP contribution >= 0.6 is 0 Å². The lowest BCUT2D eigenvalue weighted by molar-refractivity contribution is -0.149. The van der Waals surface area contributed by atoms with Gasteiger partial charge in [0.15, 0.2) is 0 Å². The molecule has 1 rings (SSSR count). The summed E-state index contributed by atoms with van der Waals surface area (Å²) in [4.78, 5) is 27.3. The fourth-order valence-electron chi connectivity index (χ4n) is 3.18. The van der Waals surface area contributed by atoms with Crippen LogP contribution in [0.25, 0.3) is 0 Å². The van der Waals surface area contributed by atoms with Gasteiger partial charge in [-0.2, -0.15) is 0 Å². The SMILES string of the molecule is CNNC=NC1CCC(CCC(C)C(C)NC(C)=O)(C(=O)O)C1. The number of amides is 1. The van der Waals surface area contributed by atoms with Gasteiger partial charge >= 0.3 is 5.97 Å². The maximum absolute atomic E-state index is 11.8. The average Bonchev–Trinajstić information content (AvgIpc) is 2.89. The van der Waals surface area contributed by atoms with Crippen LogP contribution in [0.3, 0.4) is 0 Å². The van der Waals surface area contributed by atoms with E-state index in [4.69, 9.17) is 0 Å². The molecule has 0 bridgehead atoms. The topological polar surface area (TPSA) is 103 Å². The minimum absolute atomic E-state index is 0.0494. The lowest BCUT2D eigenvalue weighted by Crippen LogP contribution is -2.37. The molecule has 0 aromatic heterocycles. The summed E-state index contributed by atoms with van der Waals surface area (Å²) < 4.78 is 0. The number of nitrogens with one attached hydrogen (secondary N) is 3. The monoisotopic (exact) mass is 326 g/mol. The Morgan fingerprint density at radius 2 is 2.13 bits per heavy atom. The summed E-state index contributed by atoms with van der Waals surface area (Å²) in [5.74, 6) is -0.538. The largest absolute Gasteiger partial charge is 0.481 e. The number of carboxylic acid groups (broad SMARTS) is 1. The normalized spacial score (nSPS) is 26.9. The van der Waals surface area contributed by atoms with Gasteiger partial charge in [-0.25, -0.2) is 5.43 Å². The van der Waals surface area contributed by atoms with Gasteiger partial charge in [-0.05, 0) is 44.9 Å². The Balaban J connectivity index is 2.59. The molecule has 0 heterocycles. The molecular formula is C16H30N4O3. The van der Waals surface area contributed by atoms with Gasteiger partial charge in [0.05, 0.1) is 17.8 Å². The highest BCUT2D eigenvalue weighted by Gasteiger charge is 2.45. The van der Waals surface area contributed by atoms with Crippen LogP contribution in [-0.2, 0) is 9.59 Å². The van der Waals surface area contributed by atoms with Crippen molar-refractivity contribution in [1.29, 1.82) is 0 Å². The van der Waals surface area contributed by atoms with Crippen LogP contribution in [0.4, 0.5) is 0 Å². The summed E-state index contributed by atoms with van der Waals surface area (Å²) in [5, 5.41) is 12.6. The molecule has 1 aliphatic carbocycles. The number of nitrogens with zero attached hydrogens (tertiary/aromatic N) is 1. The predicted molar refractivity (Wildman–Crippen MR) is 90.1 cm³/mol. The second-order valence-corrected chi connectivity index (χ2v) is 6.66. The number of carbonyl (C=O) groups is 2. The molecule has 1 saturated carbocycles.